The number of fused-ring (bicyclic) bond motifs is 1. The smallest absolute Gasteiger partial charge is 0.453 e. The predicted octanol–water partition coefficient (Wildman–Crippen LogP) is 7.23. The van der Waals surface area contributed by atoms with Crippen molar-refractivity contribution in [2.24, 2.45) is 11.7 Å². The second kappa shape index (κ2) is 15.4. The Kier molecular flexibility index (Phi) is 11.8. The summed E-state index contributed by atoms with van der Waals surface area (Å²) >= 11 is 0. The fourth-order valence-electron chi connectivity index (χ4n) is 6.24. The van der Waals surface area contributed by atoms with E-state index in [1.807, 2.05) is 42.5 Å². The van der Waals surface area contributed by atoms with E-state index in [1.54, 1.807) is 24.3 Å². The standard InChI is InChI=1S/C36H40F5NO7/c1-34(25-11-13-26(43)14-12-25)21-49-30-20-27(44)15-16-28(30)31(34)23-9-7-22(8-10-23)19-29(42)33(47)48-18-3-2-5-24(32(45)46)6-4-17-35(37,38)36(39,40)41/h7-16,20,24,29,31,43-44H,2-6,17-19,21,42H2,1H3,(H,45,46)/t24?,29-,31?,34?/m0/s1. The molecule has 3 unspecified atom stereocenters. The molecule has 3 aromatic rings. The van der Waals surface area contributed by atoms with Crippen LogP contribution >= 0.6 is 0 Å². The van der Waals surface area contributed by atoms with Crippen LogP contribution in [0.15, 0.2) is 66.7 Å². The highest BCUT2D eigenvalue weighted by Crippen LogP contribution is 2.50. The second-order valence-corrected chi connectivity index (χ2v) is 12.8. The molecule has 0 saturated carbocycles. The van der Waals surface area contributed by atoms with E-state index in [0.717, 1.165) is 22.3 Å². The molecule has 0 saturated heterocycles. The van der Waals surface area contributed by atoms with Crippen molar-refractivity contribution < 1.29 is 56.3 Å². The molecule has 0 spiro atoms. The first kappa shape index (κ1) is 37.4. The molecule has 1 aliphatic heterocycles. The Labute approximate surface area is 280 Å². The molecular formula is C36H40F5NO7. The molecule has 0 amide bonds. The average Bonchev–Trinajstić information content (AvgIpc) is 3.03. The monoisotopic (exact) mass is 693 g/mol. The Balaban J connectivity index is 1.31. The van der Waals surface area contributed by atoms with Gasteiger partial charge in [0.1, 0.15) is 23.3 Å². The molecule has 0 aromatic heterocycles. The molecule has 0 radical (unpaired) electrons. The number of phenolic OH excluding ortho intramolecular Hbond substituents is 2. The molecule has 3 aromatic carbocycles. The number of phenols is 2. The third-order valence-electron chi connectivity index (χ3n) is 9.07. The third-order valence-corrected chi connectivity index (χ3v) is 9.07. The highest BCUT2D eigenvalue weighted by molar-refractivity contribution is 5.76. The minimum atomic E-state index is -5.68. The number of aliphatic carboxylic acids is 1. The van der Waals surface area contributed by atoms with Gasteiger partial charge >= 0.3 is 24.0 Å². The van der Waals surface area contributed by atoms with Crippen LogP contribution in [0.25, 0.3) is 0 Å². The number of hydrogen-bond donors (Lipinski definition) is 4. The van der Waals surface area contributed by atoms with Crippen LogP contribution in [0.1, 0.15) is 73.6 Å². The maximum absolute atomic E-state index is 13.1. The number of hydrogen-bond acceptors (Lipinski definition) is 7. The first-order valence-electron chi connectivity index (χ1n) is 16.0. The first-order chi connectivity index (χ1) is 23.0. The summed E-state index contributed by atoms with van der Waals surface area (Å²) in [5.74, 6) is -7.30. The summed E-state index contributed by atoms with van der Waals surface area (Å²) in [7, 11) is 0. The van der Waals surface area contributed by atoms with Gasteiger partial charge in [-0.1, -0.05) is 49.4 Å². The maximum Gasteiger partial charge on any atom is 0.453 e. The Bertz CT molecular complexity index is 1580. The molecule has 13 heteroatoms. The molecule has 4 rings (SSSR count). The van der Waals surface area contributed by atoms with Gasteiger partial charge in [0.25, 0.3) is 0 Å². The number of alkyl halides is 5. The number of carboxylic acids is 1. The molecule has 0 bridgehead atoms. The molecule has 0 aliphatic carbocycles. The van der Waals surface area contributed by atoms with Crippen LogP contribution in [-0.4, -0.2) is 58.6 Å². The van der Waals surface area contributed by atoms with Gasteiger partial charge in [-0.3, -0.25) is 9.59 Å². The number of halogens is 5. The number of rotatable bonds is 15. The summed E-state index contributed by atoms with van der Waals surface area (Å²) in [6.45, 7) is 2.33. The summed E-state index contributed by atoms with van der Waals surface area (Å²) in [6, 6.07) is 18.6. The average molecular weight is 694 g/mol. The van der Waals surface area contributed by atoms with E-state index in [4.69, 9.17) is 15.2 Å². The van der Waals surface area contributed by atoms with E-state index < -0.39 is 54.3 Å². The molecule has 49 heavy (non-hydrogen) atoms. The topological polar surface area (TPSA) is 139 Å². The number of esters is 1. The zero-order valence-electron chi connectivity index (χ0n) is 26.9. The summed E-state index contributed by atoms with van der Waals surface area (Å²) in [4.78, 5) is 24.0. The fraction of sp³-hybridized carbons (Fsp3) is 0.444. The van der Waals surface area contributed by atoms with Crippen molar-refractivity contribution in [1.82, 2.24) is 0 Å². The van der Waals surface area contributed by atoms with Gasteiger partial charge in [-0.05, 0) is 73.4 Å². The quantitative estimate of drug-likeness (QED) is 0.0743. The lowest BCUT2D eigenvalue weighted by molar-refractivity contribution is -0.284. The van der Waals surface area contributed by atoms with Crippen molar-refractivity contribution >= 4 is 11.9 Å². The number of carboxylic acid groups (broad SMARTS) is 1. The van der Waals surface area contributed by atoms with Crippen LogP contribution in [0.5, 0.6) is 17.2 Å². The van der Waals surface area contributed by atoms with Gasteiger partial charge < -0.3 is 30.5 Å². The van der Waals surface area contributed by atoms with Gasteiger partial charge in [0.05, 0.1) is 19.1 Å². The summed E-state index contributed by atoms with van der Waals surface area (Å²) < 4.78 is 74.6. The van der Waals surface area contributed by atoms with Crippen molar-refractivity contribution in [3.8, 4) is 17.2 Å². The lowest BCUT2D eigenvalue weighted by Gasteiger charge is -2.43. The molecule has 8 nitrogen and oxygen atoms in total. The number of benzene rings is 3. The van der Waals surface area contributed by atoms with Crippen LogP contribution in [0.4, 0.5) is 22.0 Å². The van der Waals surface area contributed by atoms with Gasteiger partial charge in [0, 0.05) is 29.4 Å². The van der Waals surface area contributed by atoms with Gasteiger partial charge in [-0.15, -0.1) is 0 Å². The molecule has 4 atom stereocenters. The van der Waals surface area contributed by atoms with Crippen LogP contribution < -0.4 is 10.5 Å². The fourth-order valence-corrected chi connectivity index (χ4v) is 6.24. The van der Waals surface area contributed by atoms with Crippen molar-refractivity contribution in [2.75, 3.05) is 13.2 Å². The molecule has 266 valence electrons. The minimum absolute atomic E-state index is 0.0351. The van der Waals surface area contributed by atoms with Crippen molar-refractivity contribution in [1.29, 1.82) is 0 Å². The zero-order chi connectivity index (χ0) is 36.0. The normalized spacial score (nSPS) is 19.0. The zero-order valence-corrected chi connectivity index (χ0v) is 26.9. The summed E-state index contributed by atoms with van der Waals surface area (Å²) in [5.41, 5.74) is 9.14. The molecule has 0 fully saturated rings. The van der Waals surface area contributed by atoms with Crippen LogP contribution in [-0.2, 0) is 26.2 Å². The van der Waals surface area contributed by atoms with Crippen molar-refractivity contribution in [3.63, 3.8) is 0 Å². The largest absolute Gasteiger partial charge is 0.508 e. The van der Waals surface area contributed by atoms with E-state index in [0.29, 0.717) is 12.4 Å². The Morgan fingerprint density at radius 3 is 2.20 bits per heavy atom. The Morgan fingerprint density at radius 2 is 1.57 bits per heavy atom. The number of unbranched alkanes of at least 4 members (excludes halogenated alkanes) is 1. The maximum atomic E-state index is 13.1. The summed E-state index contributed by atoms with van der Waals surface area (Å²) in [6.07, 6.45) is -7.35. The van der Waals surface area contributed by atoms with Crippen LogP contribution in [0.3, 0.4) is 0 Å². The predicted molar refractivity (Wildman–Crippen MR) is 170 cm³/mol. The molecule has 1 heterocycles. The minimum Gasteiger partial charge on any atom is -0.508 e. The van der Waals surface area contributed by atoms with Crippen LogP contribution in [0.2, 0.25) is 0 Å². The molecule has 1 aliphatic rings. The van der Waals surface area contributed by atoms with Crippen LogP contribution in [0, 0.1) is 5.92 Å². The lowest BCUT2D eigenvalue weighted by Crippen LogP contribution is -2.41. The highest BCUT2D eigenvalue weighted by Gasteiger charge is 2.56. The number of carbonyl (C=O) groups excluding carboxylic acids is 1. The van der Waals surface area contributed by atoms with E-state index in [2.05, 4.69) is 6.92 Å². The van der Waals surface area contributed by atoms with E-state index >= 15 is 0 Å². The Morgan fingerprint density at radius 1 is 0.939 bits per heavy atom. The van der Waals surface area contributed by atoms with Gasteiger partial charge in [0.15, 0.2) is 0 Å². The van der Waals surface area contributed by atoms with E-state index in [-0.39, 0.29) is 56.1 Å². The second-order valence-electron chi connectivity index (χ2n) is 12.8. The summed E-state index contributed by atoms with van der Waals surface area (Å²) in [5, 5.41) is 29.2. The van der Waals surface area contributed by atoms with E-state index in [1.165, 1.54) is 0 Å². The number of ether oxygens (including phenoxy) is 2. The number of aromatic hydroxyl groups is 2. The SMILES string of the molecule is CC1(c2ccc(O)cc2)COc2cc(O)ccc2C1c1ccc(C[C@H](N)C(=O)OCCCCC(CCCC(F)(F)C(F)(F)F)C(=O)O)cc1. The lowest BCUT2D eigenvalue weighted by atomic mass is 9.65. The molecule has 5 N–H and O–H groups in total. The van der Waals surface area contributed by atoms with Gasteiger partial charge in [-0.25, -0.2) is 0 Å². The van der Waals surface area contributed by atoms with Crippen molar-refractivity contribution in [3.05, 3.63) is 89.0 Å². The van der Waals surface area contributed by atoms with Gasteiger partial charge in [-0.2, -0.15) is 22.0 Å². The van der Waals surface area contributed by atoms with E-state index in [9.17, 15) is 46.9 Å². The third kappa shape index (κ3) is 9.20. The number of carbonyl (C=O) groups is 2. The molecular weight excluding hydrogens is 653 g/mol. The van der Waals surface area contributed by atoms with Crippen molar-refractivity contribution in [2.45, 2.75) is 81.3 Å². The Hall–Kier alpha value is -4.39. The number of nitrogens with two attached hydrogens (primary N) is 1. The first-order valence-corrected chi connectivity index (χ1v) is 16.0. The van der Waals surface area contributed by atoms with Gasteiger partial charge in [0.2, 0.25) is 0 Å². The highest BCUT2D eigenvalue weighted by atomic mass is 19.4.